The summed E-state index contributed by atoms with van der Waals surface area (Å²) in [6.07, 6.45) is -0.563. The van der Waals surface area contributed by atoms with E-state index in [0.29, 0.717) is 53.7 Å². The van der Waals surface area contributed by atoms with E-state index in [9.17, 15) is 14.4 Å². The summed E-state index contributed by atoms with van der Waals surface area (Å²) in [6, 6.07) is 28.7. The van der Waals surface area contributed by atoms with Crippen LogP contribution in [-0.2, 0) is 11.2 Å². The lowest BCUT2D eigenvalue weighted by molar-refractivity contribution is 0.0195. The maximum absolute atomic E-state index is 13.8. The van der Waals surface area contributed by atoms with Gasteiger partial charge in [0.2, 0.25) is 5.75 Å². The van der Waals surface area contributed by atoms with Crippen LogP contribution in [0, 0.1) is 6.92 Å². The molecule has 1 aromatic heterocycles. The van der Waals surface area contributed by atoms with Crippen molar-refractivity contribution in [2.24, 2.45) is 0 Å². The third-order valence-electron chi connectivity index (χ3n) is 10.8. The van der Waals surface area contributed by atoms with Crippen LogP contribution in [0.2, 0.25) is 0 Å². The molecule has 13 nitrogen and oxygen atoms in total. The first kappa shape index (κ1) is 39.0. The summed E-state index contributed by atoms with van der Waals surface area (Å²) in [5, 5.41) is 3.71. The van der Waals surface area contributed by atoms with Gasteiger partial charge in [-0.15, -0.1) is 0 Å². The lowest BCUT2D eigenvalue weighted by Crippen LogP contribution is -2.50. The van der Waals surface area contributed by atoms with Gasteiger partial charge in [0.15, 0.2) is 11.5 Å². The minimum atomic E-state index is -0.695. The van der Waals surface area contributed by atoms with E-state index in [0.717, 1.165) is 61.6 Å². The molecule has 0 saturated carbocycles. The van der Waals surface area contributed by atoms with Gasteiger partial charge in [-0.25, -0.2) is 14.4 Å². The van der Waals surface area contributed by atoms with Crippen molar-refractivity contribution in [3.63, 3.8) is 0 Å². The monoisotopic (exact) mass is 775 g/mol. The summed E-state index contributed by atoms with van der Waals surface area (Å²) in [4.78, 5) is 49.4. The second-order valence-corrected chi connectivity index (χ2v) is 14.2. The molecule has 1 N–H and O–H groups in total. The number of aryl methyl sites for hydroxylation is 1. The fourth-order valence-corrected chi connectivity index (χ4v) is 7.62. The number of carbonyl (C=O) groups is 2. The number of methoxy groups -OCH3 is 3. The summed E-state index contributed by atoms with van der Waals surface area (Å²) in [5.74, 6) is 0.416. The first-order valence-corrected chi connectivity index (χ1v) is 19.2. The highest BCUT2D eigenvalue weighted by Gasteiger charge is 2.28. The second kappa shape index (κ2) is 17.7. The molecule has 4 aromatic carbocycles. The molecule has 3 heterocycles. The molecule has 2 fully saturated rings. The van der Waals surface area contributed by atoms with Gasteiger partial charge < -0.3 is 43.4 Å². The van der Waals surface area contributed by atoms with Gasteiger partial charge in [-0.2, -0.15) is 0 Å². The van der Waals surface area contributed by atoms with Crippen molar-refractivity contribution in [2.75, 3.05) is 95.3 Å². The molecule has 13 heteroatoms. The van der Waals surface area contributed by atoms with Gasteiger partial charge in [-0.1, -0.05) is 36.4 Å². The number of hydrogen-bond acceptors (Lipinski definition) is 11. The number of piperazine rings is 2. The molecular weight excluding hydrogens is 727 g/mol. The number of amides is 2. The number of rotatable bonds is 12. The Kier molecular flexibility index (Phi) is 12.1. The highest BCUT2D eigenvalue weighted by Crippen LogP contribution is 2.38. The van der Waals surface area contributed by atoms with E-state index in [4.69, 9.17) is 23.4 Å². The molecule has 2 saturated heterocycles. The Morgan fingerprint density at radius 3 is 1.88 bits per heavy atom. The lowest BCUT2D eigenvalue weighted by atomic mass is 10.00. The largest absolute Gasteiger partial charge is 0.493 e. The number of nitrogens with one attached hydrogen (secondary N) is 1. The zero-order chi connectivity index (χ0) is 39.9. The molecule has 5 aromatic rings. The molecule has 7 rings (SSSR count). The Balaban J connectivity index is 1.08. The van der Waals surface area contributed by atoms with E-state index in [1.807, 2.05) is 55.5 Å². The number of ether oxygens (including phenoxy) is 4. The maximum atomic E-state index is 13.8. The summed E-state index contributed by atoms with van der Waals surface area (Å²) in [5.41, 5.74) is 4.02. The van der Waals surface area contributed by atoms with E-state index < -0.39 is 17.7 Å². The van der Waals surface area contributed by atoms with Crippen LogP contribution in [0.25, 0.3) is 11.0 Å². The number of nitrogens with zero attached hydrogens (tertiary/aromatic N) is 4. The van der Waals surface area contributed by atoms with Crippen molar-refractivity contribution in [3.8, 4) is 17.2 Å². The number of benzene rings is 4. The first-order valence-electron chi connectivity index (χ1n) is 19.2. The average Bonchev–Trinajstić information content (AvgIpc) is 3.25. The predicted octanol–water partition coefficient (Wildman–Crippen LogP) is 6.07. The Hall–Kier alpha value is -6.21. The molecule has 298 valence electrons. The molecule has 2 amide bonds. The van der Waals surface area contributed by atoms with Gasteiger partial charge in [0, 0.05) is 99.4 Å². The van der Waals surface area contributed by atoms with Gasteiger partial charge in [0.25, 0.3) is 0 Å². The number of para-hydroxylation sites is 2. The highest BCUT2D eigenvalue weighted by molar-refractivity contribution is 5.93. The fourth-order valence-electron chi connectivity index (χ4n) is 7.62. The van der Waals surface area contributed by atoms with Crippen LogP contribution in [0.3, 0.4) is 0 Å². The van der Waals surface area contributed by atoms with Crippen molar-refractivity contribution in [2.45, 2.75) is 19.4 Å². The van der Waals surface area contributed by atoms with Crippen molar-refractivity contribution in [1.29, 1.82) is 0 Å². The van der Waals surface area contributed by atoms with Gasteiger partial charge in [0.05, 0.1) is 26.9 Å². The normalized spacial score (nSPS) is 15.3. The van der Waals surface area contributed by atoms with Crippen LogP contribution in [0.5, 0.6) is 17.2 Å². The Bertz CT molecular complexity index is 2210. The molecule has 0 spiro atoms. The number of urea groups is 1. The van der Waals surface area contributed by atoms with Crippen LogP contribution < -0.4 is 35.0 Å². The predicted molar refractivity (Wildman–Crippen MR) is 221 cm³/mol. The highest BCUT2D eigenvalue weighted by atomic mass is 16.5. The number of hydrogen-bond donors (Lipinski definition) is 1. The number of fused-ring (bicyclic) bond motifs is 1. The van der Waals surface area contributed by atoms with Crippen molar-refractivity contribution < 1.29 is 33.0 Å². The SMILES string of the molecule is COc1cc(C(=O)OC(Cc2c(C)c3ccc(NC(=O)N4CCN(c5ccccc5)CC4)cc3oc2=O)CN2CCN(c3ccccc3)CC2)cc(OC)c1OC. The third-order valence-corrected chi connectivity index (χ3v) is 10.8. The van der Waals surface area contributed by atoms with E-state index >= 15 is 0 Å². The molecule has 2 aliphatic heterocycles. The quantitative estimate of drug-likeness (QED) is 0.117. The number of anilines is 3. The van der Waals surface area contributed by atoms with Crippen LogP contribution in [-0.4, -0.2) is 108 Å². The Morgan fingerprint density at radius 2 is 1.32 bits per heavy atom. The molecule has 1 unspecified atom stereocenters. The zero-order valence-corrected chi connectivity index (χ0v) is 32.9. The smallest absolute Gasteiger partial charge is 0.339 e. The summed E-state index contributed by atoms with van der Waals surface area (Å²) < 4.78 is 28.5. The van der Waals surface area contributed by atoms with Crippen LogP contribution >= 0.6 is 0 Å². The van der Waals surface area contributed by atoms with Gasteiger partial charge in [-0.05, 0) is 61.0 Å². The summed E-state index contributed by atoms with van der Waals surface area (Å²) in [6.45, 7) is 8.00. The minimum absolute atomic E-state index is 0.132. The van der Waals surface area contributed by atoms with E-state index in [1.54, 1.807) is 23.1 Å². The minimum Gasteiger partial charge on any atom is -0.493 e. The van der Waals surface area contributed by atoms with Crippen LogP contribution in [0.1, 0.15) is 21.5 Å². The Labute approximate surface area is 332 Å². The fraction of sp³-hybridized carbons (Fsp3) is 0.341. The molecular formula is C44H49N5O8. The molecule has 57 heavy (non-hydrogen) atoms. The van der Waals surface area contributed by atoms with Crippen molar-refractivity contribution in [1.82, 2.24) is 9.80 Å². The van der Waals surface area contributed by atoms with Gasteiger partial charge in [-0.3, -0.25) is 4.90 Å². The third kappa shape index (κ3) is 8.94. The van der Waals surface area contributed by atoms with E-state index in [2.05, 4.69) is 44.3 Å². The topological polar surface area (TPSA) is 126 Å². The molecule has 0 bridgehead atoms. The maximum Gasteiger partial charge on any atom is 0.339 e. The standard InChI is InChI=1S/C44H49N5O8/c1-30-36-16-15-32(45-44(52)49-23-21-48(22-24-49)34-13-9-6-10-14-34)27-38(36)57-43(51)37(30)28-35(29-46-17-19-47(20-18-46)33-11-7-5-8-12-33)56-42(50)31-25-39(53-2)41(55-4)40(26-31)54-3/h5-16,25-27,35H,17-24,28-29H2,1-4H3,(H,45,52). The van der Waals surface area contributed by atoms with Crippen molar-refractivity contribution >= 4 is 40.0 Å². The molecule has 0 radical (unpaired) electrons. The number of esters is 1. The van der Waals surface area contributed by atoms with Crippen LogP contribution in [0.4, 0.5) is 21.9 Å². The molecule has 0 aliphatic carbocycles. The molecule has 2 aliphatic rings. The number of carbonyl (C=O) groups excluding carboxylic acids is 2. The van der Waals surface area contributed by atoms with Crippen molar-refractivity contribution in [3.05, 3.63) is 118 Å². The Morgan fingerprint density at radius 1 is 0.737 bits per heavy atom. The van der Waals surface area contributed by atoms with Crippen LogP contribution in [0.15, 0.2) is 100 Å². The van der Waals surface area contributed by atoms with E-state index in [-0.39, 0.29) is 18.0 Å². The lowest BCUT2D eigenvalue weighted by Gasteiger charge is -2.37. The zero-order valence-electron chi connectivity index (χ0n) is 32.9. The summed E-state index contributed by atoms with van der Waals surface area (Å²) in [7, 11) is 4.46. The second-order valence-electron chi connectivity index (χ2n) is 14.2. The summed E-state index contributed by atoms with van der Waals surface area (Å²) >= 11 is 0. The first-order chi connectivity index (χ1) is 27.7. The van der Waals surface area contributed by atoms with Gasteiger partial charge >= 0.3 is 17.6 Å². The average molecular weight is 776 g/mol. The van der Waals surface area contributed by atoms with Gasteiger partial charge in [0.1, 0.15) is 11.7 Å². The molecule has 1 atom stereocenters. The van der Waals surface area contributed by atoms with E-state index in [1.165, 1.54) is 21.3 Å².